The molecular formula is C19H30O2. The van der Waals surface area contributed by atoms with Crippen LogP contribution in [0.1, 0.15) is 70.1 Å². The molecule has 1 aromatic carbocycles. The SMILES string of the molecule is CCCc1ccc(C(O)C2(OC)CCC(C)(C)CC2)cc1. The zero-order valence-electron chi connectivity index (χ0n) is 14.0. The third-order valence-corrected chi connectivity index (χ3v) is 5.19. The van der Waals surface area contributed by atoms with Gasteiger partial charge in [-0.3, -0.25) is 0 Å². The van der Waals surface area contributed by atoms with E-state index in [1.165, 1.54) is 5.56 Å². The fourth-order valence-corrected chi connectivity index (χ4v) is 3.40. The first-order valence-electron chi connectivity index (χ1n) is 8.24. The van der Waals surface area contributed by atoms with Crippen LogP contribution in [0, 0.1) is 5.41 Å². The summed E-state index contributed by atoms with van der Waals surface area (Å²) in [6.07, 6.45) is 5.77. The summed E-state index contributed by atoms with van der Waals surface area (Å²) in [6.45, 7) is 6.80. The van der Waals surface area contributed by atoms with E-state index in [2.05, 4.69) is 45.0 Å². The number of hydrogen-bond donors (Lipinski definition) is 1. The second kappa shape index (κ2) is 6.50. The Balaban J connectivity index is 2.14. The van der Waals surface area contributed by atoms with Crippen molar-refractivity contribution in [1.29, 1.82) is 0 Å². The molecule has 1 N–H and O–H groups in total. The summed E-state index contributed by atoms with van der Waals surface area (Å²) in [5.41, 5.74) is 2.27. The fourth-order valence-electron chi connectivity index (χ4n) is 3.40. The predicted molar refractivity (Wildman–Crippen MR) is 87.4 cm³/mol. The first-order chi connectivity index (χ1) is 9.92. The Bertz CT molecular complexity index is 437. The van der Waals surface area contributed by atoms with Gasteiger partial charge in [0.25, 0.3) is 0 Å². The number of methoxy groups -OCH3 is 1. The van der Waals surface area contributed by atoms with Gasteiger partial charge in [0.15, 0.2) is 0 Å². The van der Waals surface area contributed by atoms with E-state index in [1.54, 1.807) is 7.11 Å². The van der Waals surface area contributed by atoms with Crippen molar-refractivity contribution in [3.05, 3.63) is 35.4 Å². The number of aryl methyl sites for hydroxylation is 1. The van der Waals surface area contributed by atoms with Crippen LogP contribution in [0.15, 0.2) is 24.3 Å². The largest absolute Gasteiger partial charge is 0.385 e. The zero-order chi connectivity index (χ0) is 15.5. The Morgan fingerprint density at radius 3 is 2.14 bits per heavy atom. The Hall–Kier alpha value is -0.860. The van der Waals surface area contributed by atoms with Gasteiger partial charge < -0.3 is 9.84 Å². The lowest BCUT2D eigenvalue weighted by Crippen LogP contribution is -2.43. The highest BCUT2D eigenvalue weighted by Gasteiger charge is 2.44. The van der Waals surface area contributed by atoms with E-state index in [0.717, 1.165) is 44.1 Å². The van der Waals surface area contributed by atoms with Crippen LogP contribution in [0.3, 0.4) is 0 Å². The van der Waals surface area contributed by atoms with Crippen LogP contribution in [-0.2, 0) is 11.2 Å². The van der Waals surface area contributed by atoms with Crippen LogP contribution in [0.5, 0.6) is 0 Å². The molecule has 1 fully saturated rings. The van der Waals surface area contributed by atoms with Crippen molar-refractivity contribution in [2.45, 2.75) is 71.0 Å². The lowest BCUT2D eigenvalue weighted by molar-refractivity contribution is -0.138. The molecule has 1 aliphatic carbocycles. The molecule has 0 aliphatic heterocycles. The monoisotopic (exact) mass is 290 g/mol. The van der Waals surface area contributed by atoms with E-state index >= 15 is 0 Å². The van der Waals surface area contributed by atoms with Crippen LogP contribution in [0.2, 0.25) is 0 Å². The fraction of sp³-hybridized carbons (Fsp3) is 0.684. The van der Waals surface area contributed by atoms with Gasteiger partial charge >= 0.3 is 0 Å². The molecule has 0 spiro atoms. The number of ether oxygens (including phenoxy) is 1. The zero-order valence-corrected chi connectivity index (χ0v) is 14.0. The Morgan fingerprint density at radius 2 is 1.67 bits per heavy atom. The van der Waals surface area contributed by atoms with E-state index in [-0.39, 0.29) is 0 Å². The lowest BCUT2D eigenvalue weighted by Gasteiger charge is -2.45. The van der Waals surface area contributed by atoms with Crippen LogP contribution < -0.4 is 0 Å². The van der Waals surface area contributed by atoms with Crippen molar-refractivity contribution in [2.75, 3.05) is 7.11 Å². The minimum atomic E-state index is -0.533. The number of aliphatic hydroxyl groups excluding tert-OH is 1. The van der Waals surface area contributed by atoms with Crippen LogP contribution in [0.25, 0.3) is 0 Å². The Morgan fingerprint density at radius 1 is 1.10 bits per heavy atom. The summed E-state index contributed by atoms with van der Waals surface area (Å²) >= 11 is 0. The van der Waals surface area contributed by atoms with Crippen molar-refractivity contribution in [3.63, 3.8) is 0 Å². The lowest BCUT2D eigenvalue weighted by atomic mass is 9.68. The van der Waals surface area contributed by atoms with E-state index in [0.29, 0.717) is 5.41 Å². The van der Waals surface area contributed by atoms with Crippen molar-refractivity contribution in [3.8, 4) is 0 Å². The molecule has 2 rings (SSSR count). The molecular weight excluding hydrogens is 260 g/mol. The third-order valence-electron chi connectivity index (χ3n) is 5.19. The summed E-state index contributed by atoms with van der Waals surface area (Å²) in [6, 6.07) is 8.41. The first kappa shape index (κ1) is 16.5. The quantitative estimate of drug-likeness (QED) is 0.854. The van der Waals surface area contributed by atoms with Gasteiger partial charge in [0, 0.05) is 7.11 Å². The normalized spacial score (nSPS) is 22.0. The van der Waals surface area contributed by atoms with Crippen LogP contribution >= 0.6 is 0 Å². The second-order valence-corrected chi connectivity index (χ2v) is 7.33. The first-order valence-corrected chi connectivity index (χ1v) is 8.24. The van der Waals surface area contributed by atoms with Gasteiger partial charge in [0.05, 0.1) is 5.60 Å². The van der Waals surface area contributed by atoms with Crippen molar-refractivity contribution >= 4 is 0 Å². The number of benzene rings is 1. The van der Waals surface area contributed by atoms with E-state index in [9.17, 15) is 5.11 Å². The van der Waals surface area contributed by atoms with Crippen LogP contribution in [-0.4, -0.2) is 17.8 Å². The molecule has 1 atom stereocenters. The standard InChI is InChI=1S/C19H30O2/c1-5-6-15-7-9-16(10-8-15)17(20)19(21-4)13-11-18(2,3)12-14-19/h7-10,17,20H,5-6,11-14H2,1-4H3. The average molecular weight is 290 g/mol. The third kappa shape index (κ3) is 3.67. The number of hydrogen-bond acceptors (Lipinski definition) is 2. The molecule has 1 aromatic rings. The smallest absolute Gasteiger partial charge is 0.108 e. The van der Waals surface area contributed by atoms with Gasteiger partial charge in [-0.2, -0.15) is 0 Å². The minimum absolute atomic E-state index is 0.368. The summed E-state index contributed by atoms with van der Waals surface area (Å²) in [5, 5.41) is 10.9. The predicted octanol–water partition coefficient (Wildman–Crippen LogP) is 4.66. The Kier molecular flexibility index (Phi) is 5.11. The van der Waals surface area contributed by atoms with Gasteiger partial charge in [-0.15, -0.1) is 0 Å². The highest BCUT2D eigenvalue weighted by molar-refractivity contribution is 5.26. The van der Waals surface area contributed by atoms with Crippen molar-refractivity contribution in [1.82, 2.24) is 0 Å². The second-order valence-electron chi connectivity index (χ2n) is 7.33. The van der Waals surface area contributed by atoms with Gasteiger partial charge in [-0.05, 0) is 48.6 Å². The molecule has 0 radical (unpaired) electrons. The summed E-state index contributed by atoms with van der Waals surface area (Å²) in [4.78, 5) is 0. The maximum atomic E-state index is 10.9. The molecule has 0 aromatic heterocycles. The Labute approximate surface area is 129 Å². The average Bonchev–Trinajstić information content (AvgIpc) is 2.48. The maximum absolute atomic E-state index is 10.9. The number of aliphatic hydroxyl groups is 1. The molecule has 1 aliphatic rings. The molecule has 21 heavy (non-hydrogen) atoms. The maximum Gasteiger partial charge on any atom is 0.108 e. The van der Waals surface area contributed by atoms with Crippen molar-refractivity contribution in [2.24, 2.45) is 5.41 Å². The molecule has 2 nitrogen and oxygen atoms in total. The topological polar surface area (TPSA) is 29.5 Å². The molecule has 2 heteroatoms. The molecule has 1 unspecified atom stereocenters. The molecule has 0 saturated heterocycles. The van der Waals surface area contributed by atoms with Gasteiger partial charge in [-0.1, -0.05) is 51.5 Å². The van der Waals surface area contributed by atoms with Gasteiger partial charge in [0.2, 0.25) is 0 Å². The molecule has 1 saturated carbocycles. The van der Waals surface area contributed by atoms with Gasteiger partial charge in [0.1, 0.15) is 6.10 Å². The molecule has 0 bridgehead atoms. The van der Waals surface area contributed by atoms with Crippen LogP contribution in [0.4, 0.5) is 0 Å². The summed E-state index contributed by atoms with van der Waals surface area (Å²) in [5.74, 6) is 0. The summed E-state index contributed by atoms with van der Waals surface area (Å²) < 4.78 is 5.82. The van der Waals surface area contributed by atoms with Crippen molar-refractivity contribution < 1.29 is 9.84 Å². The highest BCUT2D eigenvalue weighted by Crippen LogP contribution is 2.47. The molecule has 0 amide bonds. The number of rotatable bonds is 5. The van der Waals surface area contributed by atoms with Gasteiger partial charge in [-0.25, -0.2) is 0 Å². The van der Waals surface area contributed by atoms with E-state index in [4.69, 9.17) is 4.74 Å². The molecule has 118 valence electrons. The highest BCUT2D eigenvalue weighted by atomic mass is 16.5. The molecule has 0 heterocycles. The summed E-state index contributed by atoms with van der Waals surface area (Å²) in [7, 11) is 1.74. The van der Waals surface area contributed by atoms with E-state index in [1.807, 2.05) is 0 Å². The minimum Gasteiger partial charge on any atom is -0.385 e. The van der Waals surface area contributed by atoms with E-state index < -0.39 is 11.7 Å².